The van der Waals surface area contributed by atoms with Gasteiger partial charge in [-0.3, -0.25) is 9.59 Å². The maximum Gasteiger partial charge on any atom is 0.268 e. The Kier molecular flexibility index (Phi) is 5.35. The molecule has 30 heavy (non-hydrogen) atoms. The molecule has 3 N–H and O–H groups in total. The zero-order valence-electron chi connectivity index (χ0n) is 15.4. The van der Waals surface area contributed by atoms with Crippen molar-refractivity contribution < 1.29 is 9.90 Å². The summed E-state index contributed by atoms with van der Waals surface area (Å²) in [4.78, 5) is 32.4. The molecule has 1 amide bonds. The minimum absolute atomic E-state index is 0.0361. The fourth-order valence-corrected chi connectivity index (χ4v) is 3.54. The van der Waals surface area contributed by atoms with Crippen molar-refractivity contribution in [3.63, 3.8) is 0 Å². The Morgan fingerprint density at radius 1 is 1.20 bits per heavy atom. The first-order valence-corrected chi connectivity index (χ1v) is 9.69. The van der Waals surface area contributed by atoms with Crippen molar-refractivity contribution in [2.45, 2.75) is 6.54 Å². The second-order valence-corrected chi connectivity index (χ2v) is 7.31. The van der Waals surface area contributed by atoms with Crippen molar-refractivity contribution in [2.24, 2.45) is 0 Å². The Bertz CT molecular complexity index is 1400. The zero-order valence-corrected chi connectivity index (χ0v) is 17.0. The molecule has 0 saturated heterocycles. The monoisotopic (exact) mass is 438 g/mol. The lowest BCUT2D eigenvalue weighted by molar-refractivity contribution is 0.0951. The SMILES string of the molecule is O=C(NCc1cccc(Cl)c1)c1ccc2c(=O)n(-c3ncccc3O)c(=S)[nH]c2c1. The first-order valence-electron chi connectivity index (χ1n) is 8.90. The quantitative estimate of drug-likeness (QED) is 0.421. The first kappa shape index (κ1) is 19.8. The van der Waals surface area contributed by atoms with Gasteiger partial charge in [0.15, 0.2) is 16.3 Å². The number of halogens is 1. The van der Waals surface area contributed by atoms with Crippen LogP contribution in [0.15, 0.2) is 65.6 Å². The number of hydrogen-bond acceptors (Lipinski definition) is 5. The van der Waals surface area contributed by atoms with E-state index >= 15 is 0 Å². The predicted octanol–water partition coefficient (Wildman–Crippen LogP) is 3.73. The Morgan fingerprint density at radius 2 is 2.03 bits per heavy atom. The summed E-state index contributed by atoms with van der Waals surface area (Å²) in [7, 11) is 0. The normalized spacial score (nSPS) is 10.8. The van der Waals surface area contributed by atoms with E-state index in [4.69, 9.17) is 23.8 Å². The molecule has 0 unspecified atom stereocenters. The lowest BCUT2D eigenvalue weighted by atomic mass is 10.1. The summed E-state index contributed by atoms with van der Waals surface area (Å²) in [5.74, 6) is -0.438. The highest BCUT2D eigenvalue weighted by Crippen LogP contribution is 2.18. The highest BCUT2D eigenvalue weighted by atomic mass is 35.5. The third kappa shape index (κ3) is 3.83. The number of aromatic amines is 1. The Balaban J connectivity index is 1.67. The second kappa shape index (κ2) is 8.10. The number of nitrogens with zero attached hydrogens (tertiary/aromatic N) is 2. The minimum atomic E-state index is -0.450. The number of fused-ring (bicyclic) bond motifs is 1. The predicted molar refractivity (Wildman–Crippen MR) is 117 cm³/mol. The van der Waals surface area contributed by atoms with Crippen molar-refractivity contribution in [3.8, 4) is 11.6 Å². The van der Waals surface area contributed by atoms with E-state index in [-0.39, 0.29) is 22.2 Å². The van der Waals surface area contributed by atoms with Crippen molar-refractivity contribution in [1.29, 1.82) is 0 Å². The lowest BCUT2D eigenvalue weighted by Crippen LogP contribution is -2.24. The summed E-state index contributed by atoms with van der Waals surface area (Å²) in [6.07, 6.45) is 1.45. The molecule has 0 saturated carbocycles. The molecule has 2 aromatic heterocycles. The van der Waals surface area contributed by atoms with Crippen LogP contribution in [0.3, 0.4) is 0 Å². The molecule has 0 aliphatic rings. The molecular weight excluding hydrogens is 424 g/mol. The molecular formula is C21H15ClN4O3S. The van der Waals surface area contributed by atoms with E-state index in [1.807, 2.05) is 12.1 Å². The molecule has 0 aliphatic heterocycles. The van der Waals surface area contributed by atoms with Crippen LogP contribution in [0.5, 0.6) is 5.75 Å². The highest BCUT2D eigenvalue weighted by molar-refractivity contribution is 7.71. The maximum atomic E-state index is 12.9. The molecule has 0 spiro atoms. The van der Waals surface area contributed by atoms with Crippen LogP contribution in [0.1, 0.15) is 15.9 Å². The molecule has 0 fully saturated rings. The summed E-state index contributed by atoms with van der Waals surface area (Å²) < 4.78 is 1.17. The average Bonchev–Trinajstić information content (AvgIpc) is 2.73. The smallest absolute Gasteiger partial charge is 0.268 e. The van der Waals surface area contributed by atoms with Gasteiger partial charge in [0.25, 0.3) is 11.5 Å². The number of hydrogen-bond donors (Lipinski definition) is 3. The van der Waals surface area contributed by atoms with E-state index in [1.165, 1.54) is 18.3 Å². The van der Waals surface area contributed by atoms with Crippen molar-refractivity contribution in [3.05, 3.63) is 92.1 Å². The van der Waals surface area contributed by atoms with Gasteiger partial charge in [-0.2, -0.15) is 0 Å². The number of pyridine rings is 1. The van der Waals surface area contributed by atoms with Crippen LogP contribution >= 0.6 is 23.8 Å². The van der Waals surface area contributed by atoms with Crippen molar-refractivity contribution >= 4 is 40.6 Å². The molecule has 0 bridgehead atoms. The number of benzene rings is 2. The van der Waals surface area contributed by atoms with E-state index in [0.29, 0.717) is 28.0 Å². The lowest BCUT2D eigenvalue weighted by Gasteiger charge is -2.10. The molecule has 4 rings (SSSR count). The number of carbonyl (C=O) groups is 1. The van der Waals surface area contributed by atoms with Gasteiger partial charge in [0.1, 0.15) is 0 Å². The molecule has 0 radical (unpaired) electrons. The molecule has 0 atom stereocenters. The summed E-state index contributed by atoms with van der Waals surface area (Å²) in [6.45, 7) is 0.313. The fourth-order valence-electron chi connectivity index (χ4n) is 3.04. The number of aromatic hydroxyl groups is 1. The molecule has 0 aliphatic carbocycles. The largest absolute Gasteiger partial charge is 0.504 e. The number of rotatable bonds is 4. The number of carbonyl (C=O) groups excluding carboxylic acids is 1. The van der Waals surface area contributed by atoms with Gasteiger partial charge >= 0.3 is 0 Å². The van der Waals surface area contributed by atoms with E-state index in [0.717, 1.165) is 10.1 Å². The number of H-pyrrole nitrogens is 1. The van der Waals surface area contributed by atoms with E-state index in [1.54, 1.807) is 30.3 Å². The molecule has 150 valence electrons. The van der Waals surface area contributed by atoms with Gasteiger partial charge in [0.2, 0.25) is 0 Å². The Labute approximate surface area is 180 Å². The third-order valence-corrected chi connectivity index (χ3v) is 5.00. The van der Waals surface area contributed by atoms with Gasteiger partial charge in [-0.25, -0.2) is 9.55 Å². The standard InChI is InChI=1S/C21H15ClN4O3S/c22-14-4-1-3-12(9-14)11-24-19(28)13-6-7-15-16(10-13)25-21(30)26(20(15)29)18-17(27)5-2-8-23-18/h1-10,27H,11H2,(H,24,28)(H,25,30). The third-order valence-electron chi connectivity index (χ3n) is 4.48. The highest BCUT2D eigenvalue weighted by Gasteiger charge is 2.14. The molecule has 9 heteroatoms. The van der Waals surface area contributed by atoms with Crippen LogP contribution in [0.25, 0.3) is 16.7 Å². The van der Waals surface area contributed by atoms with Gasteiger partial charge in [-0.1, -0.05) is 23.7 Å². The van der Waals surface area contributed by atoms with Crippen molar-refractivity contribution in [2.75, 3.05) is 0 Å². The van der Waals surface area contributed by atoms with E-state index in [2.05, 4.69) is 15.3 Å². The van der Waals surface area contributed by atoms with Crippen LogP contribution in [-0.4, -0.2) is 25.5 Å². The summed E-state index contributed by atoms with van der Waals surface area (Å²) >= 11 is 11.2. The van der Waals surface area contributed by atoms with Gasteiger partial charge in [-0.05, 0) is 60.2 Å². The zero-order chi connectivity index (χ0) is 21.3. The van der Waals surface area contributed by atoms with Gasteiger partial charge < -0.3 is 15.4 Å². The summed E-state index contributed by atoms with van der Waals surface area (Å²) in [5.41, 5.74) is 1.20. The van der Waals surface area contributed by atoms with Crippen LogP contribution in [0.2, 0.25) is 5.02 Å². The summed E-state index contributed by atoms with van der Waals surface area (Å²) in [5, 5.41) is 13.7. The van der Waals surface area contributed by atoms with Crippen LogP contribution in [0.4, 0.5) is 0 Å². The molecule has 2 aromatic carbocycles. The van der Waals surface area contributed by atoms with Gasteiger partial charge in [0, 0.05) is 23.3 Å². The molecule has 4 aromatic rings. The second-order valence-electron chi connectivity index (χ2n) is 6.49. The fraction of sp³-hybridized carbons (Fsp3) is 0.0476. The maximum absolute atomic E-state index is 12.9. The average molecular weight is 439 g/mol. The number of aromatic nitrogens is 3. The van der Waals surface area contributed by atoms with Crippen LogP contribution in [0, 0.1) is 4.77 Å². The Morgan fingerprint density at radius 3 is 2.80 bits per heavy atom. The first-order chi connectivity index (χ1) is 14.4. The van der Waals surface area contributed by atoms with Gasteiger partial charge in [0.05, 0.1) is 10.9 Å². The van der Waals surface area contributed by atoms with Crippen molar-refractivity contribution in [1.82, 2.24) is 19.9 Å². The Hall–Kier alpha value is -3.49. The number of nitrogens with one attached hydrogen (secondary N) is 2. The van der Waals surface area contributed by atoms with Crippen LogP contribution in [-0.2, 0) is 6.54 Å². The summed E-state index contributed by atoms with van der Waals surface area (Å²) in [6, 6.07) is 14.8. The topological polar surface area (TPSA) is 100 Å². The van der Waals surface area contributed by atoms with E-state index in [9.17, 15) is 14.7 Å². The van der Waals surface area contributed by atoms with Gasteiger partial charge in [-0.15, -0.1) is 0 Å². The molecule has 2 heterocycles. The number of amides is 1. The molecule has 7 nitrogen and oxygen atoms in total. The van der Waals surface area contributed by atoms with Crippen LogP contribution < -0.4 is 10.9 Å². The minimum Gasteiger partial charge on any atom is -0.504 e. The van der Waals surface area contributed by atoms with E-state index < -0.39 is 5.56 Å².